The number of nitro benzene ring substituents is 1. The van der Waals surface area contributed by atoms with Crippen molar-refractivity contribution in [3.63, 3.8) is 0 Å². The van der Waals surface area contributed by atoms with Crippen LogP contribution in [-0.2, 0) is 0 Å². The number of hydrogen-bond acceptors (Lipinski definition) is 4. The predicted molar refractivity (Wildman–Crippen MR) is 57.1 cm³/mol. The highest BCUT2D eigenvalue weighted by Crippen LogP contribution is 2.14. The molecular weight excluding hydrogens is 212 g/mol. The summed E-state index contributed by atoms with van der Waals surface area (Å²) in [6.07, 6.45) is 0. The maximum atomic E-state index is 11.7. The summed E-state index contributed by atoms with van der Waals surface area (Å²) in [4.78, 5) is 23.0. The fraction of sp³-hybridized carbons (Fsp3) is 0.300. The van der Waals surface area contributed by atoms with Crippen LogP contribution in [0.1, 0.15) is 10.4 Å². The molecule has 0 bridgehead atoms. The van der Waals surface area contributed by atoms with Gasteiger partial charge in [0.05, 0.1) is 11.5 Å². The first-order valence-corrected chi connectivity index (χ1v) is 4.67. The first-order chi connectivity index (χ1) is 7.56. The second kappa shape index (κ2) is 5.22. The van der Waals surface area contributed by atoms with Crippen LogP contribution in [0.15, 0.2) is 24.3 Å². The van der Waals surface area contributed by atoms with E-state index in [1.54, 1.807) is 0 Å². The Kier molecular flexibility index (Phi) is 3.96. The molecule has 0 aliphatic rings. The Morgan fingerprint density at radius 1 is 1.56 bits per heavy atom. The number of aliphatic hydroxyl groups is 1. The number of hydrogen-bond donors (Lipinski definition) is 1. The number of carbonyl (C=O) groups excluding carboxylic acids is 1. The van der Waals surface area contributed by atoms with Gasteiger partial charge in [0.25, 0.3) is 11.6 Å². The molecular formula is C10H12N2O4. The van der Waals surface area contributed by atoms with Crippen LogP contribution in [0.4, 0.5) is 5.69 Å². The molecule has 1 rings (SSSR count). The molecule has 6 heteroatoms. The number of benzene rings is 1. The minimum atomic E-state index is -0.553. The summed E-state index contributed by atoms with van der Waals surface area (Å²) in [6, 6.07) is 5.50. The monoisotopic (exact) mass is 224 g/mol. The van der Waals surface area contributed by atoms with E-state index in [2.05, 4.69) is 0 Å². The van der Waals surface area contributed by atoms with Gasteiger partial charge >= 0.3 is 0 Å². The van der Waals surface area contributed by atoms with E-state index in [4.69, 9.17) is 5.11 Å². The Labute approximate surface area is 92.3 Å². The van der Waals surface area contributed by atoms with E-state index in [9.17, 15) is 14.9 Å². The van der Waals surface area contributed by atoms with Gasteiger partial charge in [-0.2, -0.15) is 0 Å². The van der Waals surface area contributed by atoms with Crippen molar-refractivity contribution in [2.24, 2.45) is 0 Å². The summed E-state index contributed by atoms with van der Waals surface area (Å²) in [5.41, 5.74) is 0.119. The highest BCUT2D eigenvalue weighted by Gasteiger charge is 2.14. The molecule has 6 nitrogen and oxygen atoms in total. The third kappa shape index (κ3) is 2.77. The Bertz CT molecular complexity index is 406. The molecule has 1 N–H and O–H groups in total. The summed E-state index contributed by atoms with van der Waals surface area (Å²) < 4.78 is 0. The van der Waals surface area contributed by atoms with Crippen LogP contribution in [0, 0.1) is 10.1 Å². The lowest BCUT2D eigenvalue weighted by atomic mass is 10.2. The first-order valence-electron chi connectivity index (χ1n) is 4.67. The van der Waals surface area contributed by atoms with Crippen molar-refractivity contribution < 1.29 is 14.8 Å². The average molecular weight is 224 g/mol. The number of nitro groups is 1. The molecule has 1 amide bonds. The van der Waals surface area contributed by atoms with Crippen LogP contribution < -0.4 is 0 Å². The van der Waals surface area contributed by atoms with E-state index in [1.807, 2.05) is 0 Å². The number of likely N-dealkylation sites (N-methyl/N-ethyl adjacent to an activating group) is 1. The first kappa shape index (κ1) is 12.1. The molecule has 16 heavy (non-hydrogen) atoms. The lowest BCUT2D eigenvalue weighted by molar-refractivity contribution is -0.384. The fourth-order valence-electron chi connectivity index (χ4n) is 1.22. The quantitative estimate of drug-likeness (QED) is 0.601. The summed E-state index contributed by atoms with van der Waals surface area (Å²) >= 11 is 0. The van der Waals surface area contributed by atoms with Crippen molar-refractivity contribution in [2.75, 3.05) is 20.2 Å². The summed E-state index contributed by atoms with van der Waals surface area (Å²) in [5.74, 6) is -0.349. The number of carbonyl (C=O) groups is 1. The molecule has 0 radical (unpaired) electrons. The largest absolute Gasteiger partial charge is 0.395 e. The second-order valence-corrected chi connectivity index (χ2v) is 3.26. The van der Waals surface area contributed by atoms with Crippen LogP contribution in [0.2, 0.25) is 0 Å². The number of non-ortho nitro benzene ring substituents is 1. The number of amides is 1. The van der Waals surface area contributed by atoms with Crippen molar-refractivity contribution in [1.29, 1.82) is 0 Å². The van der Waals surface area contributed by atoms with Crippen molar-refractivity contribution >= 4 is 11.6 Å². The van der Waals surface area contributed by atoms with Crippen LogP contribution in [-0.4, -0.2) is 41.0 Å². The normalized spacial score (nSPS) is 9.88. The molecule has 0 saturated heterocycles. The molecule has 0 atom stereocenters. The summed E-state index contributed by atoms with van der Waals surface area (Å²) in [5, 5.41) is 19.2. The molecule has 0 heterocycles. The number of rotatable bonds is 4. The summed E-state index contributed by atoms with van der Waals surface area (Å²) in [7, 11) is 1.53. The van der Waals surface area contributed by atoms with Gasteiger partial charge in [0.1, 0.15) is 0 Å². The van der Waals surface area contributed by atoms with Crippen molar-refractivity contribution in [1.82, 2.24) is 4.90 Å². The lowest BCUT2D eigenvalue weighted by Gasteiger charge is -2.15. The molecule has 0 spiro atoms. The van der Waals surface area contributed by atoms with Gasteiger partial charge in [0.15, 0.2) is 0 Å². The predicted octanol–water partition coefficient (Wildman–Crippen LogP) is 0.659. The van der Waals surface area contributed by atoms with Crippen LogP contribution in [0.3, 0.4) is 0 Å². The zero-order valence-corrected chi connectivity index (χ0v) is 8.79. The standard InChI is InChI=1S/C10H12N2O4/c1-11(5-6-13)10(14)8-3-2-4-9(7-8)12(15)16/h2-4,7,13H,5-6H2,1H3. The minimum absolute atomic E-state index is 0.122. The molecule has 0 aromatic heterocycles. The van der Waals surface area contributed by atoms with E-state index in [0.717, 1.165) is 0 Å². The van der Waals surface area contributed by atoms with Gasteiger partial charge in [0.2, 0.25) is 0 Å². The molecule has 86 valence electrons. The highest BCUT2D eigenvalue weighted by molar-refractivity contribution is 5.94. The van der Waals surface area contributed by atoms with Gasteiger partial charge in [0, 0.05) is 31.3 Å². The smallest absolute Gasteiger partial charge is 0.270 e. The van der Waals surface area contributed by atoms with E-state index < -0.39 is 4.92 Å². The Balaban J connectivity index is 2.91. The molecule has 0 aliphatic heterocycles. The second-order valence-electron chi connectivity index (χ2n) is 3.26. The molecule has 1 aromatic rings. The third-order valence-electron chi connectivity index (χ3n) is 2.09. The van der Waals surface area contributed by atoms with Gasteiger partial charge in [-0.1, -0.05) is 6.07 Å². The maximum absolute atomic E-state index is 11.7. The van der Waals surface area contributed by atoms with Gasteiger partial charge in [-0.05, 0) is 6.07 Å². The zero-order valence-electron chi connectivity index (χ0n) is 8.79. The van der Waals surface area contributed by atoms with E-state index in [1.165, 1.54) is 36.2 Å². The average Bonchev–Trinajstić information content (AvgIpc) is 2.28. The van der Waals surface area contributed by atoms with Crippen LogP contribution >= 0.6 is 0 Å². The van der Waals surface area contributed by atoms with Gasteiger partial charge in [-0.25, -0.2) is 0 Å². The molecule has 0 unspecified atom stereocenters. The molecule has 0 aliphatic carbocycles. The van der Waals surface area contributed by atoms with E-state index in [-0.39, 0.29) is 30.3 Å². The minimum Gasteiger partial charge on any atom is -0.395 e. The molecule has 0 saturated carbocycles. The number of aliphatic hydroxyl groups excluding tert-OH is 1. The highest BCUT2D eigenvalue weighted by atomic mass is 16.6. The Morgan fingerprint density at radius 3 is 2.81 bits per heavy atom. The van der Waals surface area contributed by atoms with Gasteiger partial charge in [-0.3, -0.25) is 14.9 Å². The SMILES string of the molecule is CN(CCO)C(=O)c1cccc([N+](=O)[O-])c1. The van der Waals surface area contributed by atoms with E-state index in [0.29, 0.717) is 0 Å². The molecule has 1 aromatic carbocycles. The zero-order chi connectivity index (χ0) is 12.1. The Hall–Kier alpha value is -1.95. The van der Waals surface area contributed by atoms with Gasteiger partial charge in [-0.15, -0.1) is 0 Å². The molecule has 0 fully saturated rings. The summed E-state index contributed by atoms with van der Waals surface area (Å²) in [6.45, 7) is 0.0543. The number of nitrogens with zero attached hydrogens (tertiary/aromatic N) is 2. The maximum Gasteiger partial charge on any atom is 0.270 e. The van der Waals surface area contributed by atoms with Crippen LogP contribution in [0.5, 0.6) is 0 Å². The Morgan fingerprint density at radius 2 is 2.25 bits per heavy atom. The van der Waals surface area contributed by atoms with Crippen molar-refractivity contribution in [3.05, 3.63) is 39.9 Å². The fourth-order valence-corrected chi connectivity index (χ4v) is 1.22. The van der Waals surface area contributed by atoms with Gasteiger partial charge < -0.3 is 10.0 Å². The van der Waals surface area contributed by atoms with Crippen molar-refractivity contribution in [2.45, 2.75) is 0 Å². The lowest BCUT2D eigenvalue weighted by Crippen LogP contribution is -2.29. The third-order valence-corrected chi connectivity index (χ3v) is 2.09. The van der Waals surface area contributed by atoms with Crippen LogP contribution in [0.25, 0.3) is 0 Å². The topological polar surface area (TPSA) is 83.7 Å². The van der Waals surface area contributed by atoms with Crippen molar-refractivity contribution in [3.8, 4) is 0 Å². The van der Waals surface area contributed by atoms with E-state index >= 15 is 0 Å².